The highest BCUT2D eigenvalue weighted by Crippen LogP contribution is 2.23. The van der Waals surface area contributed by atoms with Crippen molar-refractivity contribution in [3.8, 4) is 22.8 Å². The zero-order valence-corrected chi connectivity index (χ0v) is 18.5. The minimum absolute atomic E-state index is 0.0224. The third-order valence-corrected chi connectivity index (χ3v) is 5.55. The molecule has 0 saturated heterocycles. The number of rotatable bonds is 5. The van der Waals surface area contributed by atoms with E-state index in [2.05, 4.69) is 11.9 Å². The first-order chi connectivity index (χ1) is 15.5. The molecule has 3 aromatic rings. The summed E-state index contributed by atoms with van der Waals surface area (Å²) in [6, 6.07) is 19.7. The minimum atomic E-state index is 0.0224. The molecular formula is C25H28N6O. The largest absolute Gasteiger partial charge is 0.387 e. The van der Waals surface area contributed by atoms with Gasteiger partial charge in [0, 0.05) is 36.3 Å². The minimum Gasteiger partial charge on any atom is -0.387 e. The second-order valence-electron chi connectivity index (χ2n) is 8.01. The first-order valence-corrected chi connectivity index (χ1v) is 10.8. The maximum Gasteiger partial charge on any atom is 0.244 e. The average Bonchev–Trinajstić information content (AvgIpc) is 3.13. The van der Waals surface area contributed by atoms with E-state index < -0.39 is 0 Å². The van der Waals surface area contributed by atoms with Crippen molar-refractivity contribution in [1.82, 2.24) is 19.7 Å². The molecule has 0 saturated carbocycles. The van der Waals surface area contributed by atoms with Crippen molar-refractivity contribution in [3.05, 3.63) is 71.9 Å². The molecule has 7 heteroatoms. The van der Waals surface area contributed by atoms with Gasteiger partial charge in [-0.15, -0.1) is 5.10 Å². The maximum atomic E-state index is 13.2. The number of carbonyl (C=O) groups excluding carboxylic acids is 1. The second-order valence-corrected chi connectivity index (χ2v) is 8.01. The lowest BCUT2D eigenvalue weighted by Gasteiger charge is -2.20. The zero-order chi connectivity index (χ0) is 22.5. The van der Waals surface area contributed by atoms with Crippen molar-refractivity contribution in [2.75, 3.05) is 13.1 Å². The van der Waals surface area contributed by atoms with Crippen molar-refractivity contribution in [1.29, 1.82) is 0 Å². The molecule has 2 aromatic carbocycles. The molecule has 32 heavy (non-hydrogen) atoms. The topological polar surface area (TPSA) is 89.4 Å². The Balaban J connectivity index is 1.58. The molecule has 1 aliphatic heterocycles. The molecule has 0 atom stereocenters. The van der Waals surface area contributed by atoms with Crippen LogP contribution in [0.25, 0.3) is 22.8 Å². The first kappa shape index (κ1) is 21.5. The van der Waals surface area contributed by atoms with Crippen molar-refractivity contribution in [2.24, 2.45) is 10.7 Å². The Kier molecular flexibility index (Phi) is 6.44. The SMILES string of the molecule is CC(N)=NC1=C(C)CCN(C(=O)Cn2nc(-c3ccccc3)nc2-c2ccccc2)CC1. The molecule has 0 radical (unpaired) electrons. The smallest absolute Gasteiger partial charge is 0.244 e. The van der Waals surface area contributed by atoms with E-state index in [1.54, 1.807) is 11.6 Å². The third kappa shape index (κ3) is 4.94. The number of nitrogens with zero attached hydrogens (tertiary/aromatic N) is 5. The van der Waals surface area contributed by atoms with Gasteiger partial charge in [0.25, 0.3) is 0 Å². The molecule has 0 fully saturated rings. The Morgan fingerprint density at radius 1 is 1.00 bits per heavy atom. The number of hydrogen-bond donors (Lipinski definition) is 1. The average molecular weight is 429 g/mol. The van der Waals surface area contributed by atoms with Gasteiger partial charge in [-0.05, 0) is 25.8 Å². The predicted molar refractivity (Wildman–Crippen MR) is 127 cm³/mol. The summed E-state index contributed by atoms with van der Waals surface area (Å²) in [5.41, 5.74) is 9.79. The second kappa shape index (κ2) is 9.60. The van der Waals surface area contributed by atoms with Crippen molar-refractivity contribution in [2.45, 2.75) is 33.2 Å². The van der Waals surface area contributed by atoms with Gasteiger partial charge in [0.15, 0.2) is 11.6 Å². The predicted octanol–water partition coefficient (Wildman–Crippen LogP) is 3.89. The van der Waals surface area contributed by atoms with Gasteiger partial charge in [-0.25, -0.2) is 14.7 Å². The molecule has 0 spiro atoms. The van der Waals surface area contributed by atoms with Crippen molar-refractivity contribution in [3.63, 3.8) is 0 Å². The highest BCUT2D eigenvalue weighted by Gasteiger charge is 2.22. The Labute approximate surface area is 188 Å². The third-order valence-electron chi connectivity index (χ3n) is 5.55. The van der Waals surface area contributed by atoms with Crippen molar-refractivity contribution < 1.29 is 4.79 Å². The molecule has 164 valence electrons. The Morgan fingerprint density at radius 3 is 2.28 bits per heavy atom. The monoisotopic (exact) mass is 428 g/mol. The van der Waals surface area contributed by atoms with Gasteiger partial charge in [-0.1, -0.05) is 60.7 Å². The van der Waals surface area contributed by atoms with E-state index in [4.69, 9.17) is 15.8 Å². The van der Waals surface area contributed by atoms with E-state index in [0.717, 1.165) is 23.2 Å². The summed E-state index contributed by atoms with van der Waals surface area (Å²) in [6.45, 7) is 5.26. The van der Waals surface area contributed by atoms with E-state index in [9.17, 15) is 4.79 Å². The molecular weight excluding hydrogens is 400 g/mol. The summed E-state index contributed by atoms with van der Waals surface area (Å²) in [5.74, 6) is 1.86. The van der Waals surface area contributed by atoms with E-state index in [1.165, 1.54) is 5.57 Å². The van der Waals surface area contributed by atoms with Crippen LogP contribution in [0, 0.1) is 0 Å². The Hall–Kier alpha value is -3.74. The van der Waals surface area contributed by atoms with Crippen LogP contribution >= 0.6 is 0 Å². The first-order valence-electron chi connectivity index (χ1n) is 10.8. The summed E-state index contributed by atoms with van der Waals surface area (Å²) in [6.07, 6.45) is 1.49. The van der Waals surface area contributed by atoms with Crippen LogP contribution in [-0.4, -0.2) is 44.5 Å². The van der Waals surface area contributed by atoms with E-state index in [1.807, 2.05) is 65.6 Å². The van der Waals surface area contributed by atoms with Crippen LogP contribution in [0.3, 0.4) is 0 Å². The molecule has 0 aliphatic carbocycles. The lowest BCUT2D eigenvalue weighted by Crippen LogP contribution is -2.35. The summed E-state index contributed by atoms with van der Waals surface area (Å²) >= 11 is 0. The van der Waals surface area contributed by atoms with Crippen LogP contribution in [0.2, 0.25) is 0 Å². The highest BCUT2D eigenvalue weighted by atomic mass is 16.2. The fourth-order valence-electron chi connectivity index (χ4n) is 3.82. The molecule has 1 amide bonds. The van der Waals surface area contributed by atoms with E-state index >= 15 is 0 Å². The molecule has 7 nitrogen and oxygen atoms in total. The number of hydrogen-bond acceptors (Lipinski definition) is 4. The quantitative estimate of drug-likeness (QED) is 0.493. The number of benzene rings is 2. The molecule has 2 N–H and O–H groups in total. The van der Waals surface area contributed by atoms with Crippen LogP contribution in [0.15, 0.2) is 76.9 Å². The highest BCUT2D eigenvalue weighted by molar-refractivity contribution is 5.79. The number of aromatic nitrogens is 3. The van der Waals surface area contributed by atoms with Crippen molar-refractivity contribution >= 4 is 11.7 Å². The fraction of sp³-hybridized carbons (Fsp3) is 0.280. The van der Waals surface area contributed by atoms with Crippen LogP contribution in [0.5, 0.6) is 0 Å². The number of aliphatic imine (C=N–C) groups is 1. The molecule has 1 aromatic heterocycles. The van der Waals surface area contributed by atoms with E-state index in [-0.39, 0.29) is 12.5 Å². The van der Waals surface area contributed by atoms with Gasteiger partial charge >= 0.3 is 0 Å². The maximum absolute atomic E-state index is 13.2. The summed E-state index contributed by atoms with van der Waals surface area (Å²) in [5, 5.41) is 4.69. The van der Waals surface area contributed by atoms with Gasteiger partial charge in [0.1, 0.15) is 6.54 Å². The van der Waals surface area contributed by atoms with Gasteiger partial charge in [-0.3, -0.25) is 4.79 Å². The van der Waals surface area contributed by atoms with E-state index in [0.29, 0.717) is 37.0 Å². The summed E-state index contributed by atoms with van der Waals surface area (Å²) in [4.78, 5) is 24.3. The van der Waals surface area contributed by atoms with Crippen LogP contribution in [0.4, 0.5) is 0 Å². The standard InChI is InChI=1S/C25H28N6O/c1-18-13-15-30(16-14-22(18)27-19(2)26)23(32)17-31-25(21-11-7-4-8-12-21)28-24(29-31)20-9-5-3-6-10-20/h3-12H,13-17H2,1-2H3,(H2,26,27). The van der Waals surface area contributed by atoms with Gasteiger partial charge in [0.2, 0.25) is 5.91 Å². The molecule has 0 unspecified atom stereocenters. The summed E-state index contributed by atoms with van der Waals surface area (Å²) < 4.78 is 1.72. The number of nitrogens with two attached hydrogens (primary N) is 1. The molecule has 1 aliphatic rings. The van der Waals surface area contributed by atoms with Crippen LogP contribution in [-0.2, 0) is 11.3 Å². The lowest BCUT2D eigenvalue weighted by molar-refractivity contribution is -0.131. The zero-order valence-electron chi connectivity index (χ0n) is 18.5. The number of amidine groups is 1. The molecule has 0 bridgehead atoms. The number of amides is 1. The van der Waals surface area contributed by atoms with Gasteiger partial charge < -0.3 is 10.6 Å². The summed E-state index contributed by atoms with van der Waals surface area (Å²) in [7, 11) is 0. The normalized spacial score (nSPS) is 15.1. The molecule has 4 rings (SSSR count). The van der Waals surface area contributed by atoms with Gasteiger partial charge in [-0.2, -0.15) is 0 Å². The number of carbonyl (C=O) groups is 1. The van der Waals surface area contributed by atoms with Gasteiger partial charge in [0.05, 0.1) is 5.84 Å². The molecule has 2 heterocycles. The van der Waals surface area contributed by atoms with Crippen LogP contribution in [0.1, 0.15) is 26.7 Å². The lowest BCUT2D eigenvalue weighted by atomic mass is 10.1. The Bertz CT molecular complexity index is 1140. The van der Waals surface area contributed by atoms with Crippen LogP contribution < -0.4 is 5.73 Å². The fourth-order valence-corrected chi connectivity index (χ4v) is 3.82. The Morgan fingerprint density at radius 2 is 1.62 bits per heavy atom.